The molecule has 15 heavy (non-hydrogen) atoms. The summed E-state index contributed by atoms with van der Waals surface area (Å²) in [6.45, 7) is 6.24. The van der Waals surface area contributed by atoms with Crippen molar-refractivity contribution in [2.45, 2.75) is 26.8 Å². The SMILES string of the molecule is CCCNCc1nc2cc(C)ccc2s1. The molecule has 0 fully saturated rings. The van der Waals surface area contributed by atoms with Gasteiger partial charge in [0, 0.05) is 6.54 Å². The van der Waals surface area contributed by atoms with Crippen LogP contribution in [0, 0.1) is 6.92 Å². The molecule has 0 aliphatic heterocycles. The van der Waals surface area contributed by atoms with Crippen LogP contribution in [-0.2, 0) is 6.54 Å². The molecule has 2 nitrogen and oxygen atoms in total. The van der Waals surface area contributed by atoms with E-state index in [0.29, 0.717) is 0 Å². The quantitative estimate of drug-likeness (QED) is 0.801. The Balaban J connectivity index is 2.16. The average molecular weight is 220 g/mol. The molecule has 0 bridgehead atoms. The molecular formula is C12H16N2S. The highest BCUT2D eigenvalue weighted by molar-refractivity contribution is 7.18. The van der Waals surface area contributed by atoms with Gasteiger partial charge < -0.3 is 5.32 Å². The van der Waals surface area contributed by atoms with E-state index in [1.165, 1.54) is 21.7 Å². The van der Waals surface area contributed by atoms with Crippen molar-refractivity contribution < 1.29 is 0 Å². The van der Waals surface area contributed by atoms with Gasteiger partial charge in [-0.1, -0.05) is 13.0 Å². The molecule has 1 heterocycles. The number of aromatic nitrogens is 1. The molecule has 0 spiro atoms. The Bertz CT molecular complexity index is 448. The normalized spacial score (nSPS) is 11.1. The third kappa shape index (κ3) is 2.55. The fourth-order valence-electron chi connectivity index (χ4n) is 1.53. The number of hydrogen-bond donors (Lipinski definition) is 1. The molecule has 80 valence electrons. The molecule has 0 radical (unpaired) electrons. The lowest BCUT2D eigenvalue weighted by Gasteiger charge is -1.97. The molecule has 1 aromatic carbocycles. The first-order chi connectivity index (χ1) is 7.29. The number of aryl methyl sites for hydroxylation is 1. The van der Waals surface area contributed by atoms with Crippen molar-refractivity contribution in [2.24, 2.45) is 0 Å². The molecule has 2 aromatic rings. The van der Waals surface area contributed by atoms with Crippen molar-refractivity contribution in [1.29, 1.82) is 0 Å². The number of thiazole rings is 1. The zero-order chi connectivity index (χ0) is 10.7. The van der Waals surface area contributed by atoms with E-state index in [9.17, 15) is 0 Å². The van der Waals surface area contributed by atoms with Crippen LogP contribution in [0.4, 0.5) is 0 Å². The zero-order valence-electron chi connectivity index (χ0n) is 9.21. The maximum Gasteiger partial charge on any atom is 0.108 e. The van der Waals surface area contributed by atoms with Crippen LogP contribution in [0.2, 0.25) is 0 Å². The second kappa shape index (κ2) is 4.73. The fourth-order valence-corrected chi connectivity index (χ4v) is 2.45. The highest BCUT2D eigenvalue weighted by Gasteiger charge is 2.02. The summed E-state index contributed by atoms with van der Waals surface area (Å²) >= 11 is 1.78. The molecule has 0 saturated heterocycles. The molecule has 0 saturated carbocycles. The molecule has 2 rings (SSSR count). The first-order valence-corrected chi connectivity index (χ1v) is 6.18. The van der Waals surface area contributed by atoms with E-state index in [1.54, 1.807) is 11.3 Å². The van der Waals surface area contributed by atoms with Crippen LogP contribution in [0.15, 0.2) is 18.2 Å². The summed E-state index contributed by atoms with van der Waals surface area (Å²) in [7, 11) is 0. The molecular weight excluding hydrogens is 204 g/mol. The number of rotatable bonds is 4. The Morgan fingerprint density at radius 3 is 3.07 bits per heavy atom. The fraction of sp³-hybridized carbons (Fsp3) is 0.417. The smallest absolute Gasteiger partial charge is 0.108 e. The lowest BCUT2D eigenvalue weighted by Crippen LogP contribution is -2.13. The summed E-state index contributed by atoms with van der Waals surface area (Å²) in [5, 5.41) is 4.56. The van der Waals surface area contributed by atoms with Crippen LogP contribution in [0.25, 0.3) is 10.2 Å². The van der Waals surface area contributed by atoms with Gasteiger partial charge >= 0.3 is 0 Å². The van der Waals surface area contributed by atoms with Gasteiger partial charge in [0.15, 0.2) is 0 Å². The minimum Gasteiger partial charge on any atom is -0.310 e. The van der Waals surface area contributed by atoms with Gasteiger partial charge in [0.2, 0.25) is 0 Å². The van der Waals surface area contributed by atoms with Crippen LogP contribution < -0.4 is 5.32 Å². The van der Waals surface area contributed by atoms with E-state index in [-0.39, 0.29) is 0 Å². The van der Waals surface area contributed by atoms with Crippen molar-refractivity contribution >= 4 is 21.6 Å². The largest absolute Gasteiger partial charge is 0.310 e. The lowest BCUT2D eigenvalue weighted by atomic mass is 10.2. The number of benzene rings is 1. The molecule has 0 amide bonds. The topological polar surface area (TPSA) is 24.9 Å². The second-order valence-corrected chi connectivity index (χ2v) is 4.87. The third-order valence-corrected chi connectivity index (χ3v) is 3.33. The molecule has 0 aliphatic rings. The van der Waals surface area contributed by atoms with Crippen LogP contribution in [0.3, 0.4) is 0 Å². The van der Waals surface area contributed by atoms with Crippen molar-refractivity contribution in [3.8, 4) is 0 Å². The van der Waals surface area contributed by atoms with Crippen molar-refractivity contribution in [3.63, 3.8) is 0 Å². The number of hydrogen-bond acceptors (Lipinski definition) is 3. The van der Waals surface area contributed by atoms with Crippen LogP contribution in [-0.4, -0.2) is 11.5 Å². The van der Waals surface area contributed by atoms with Gasteiger partial charge in [-0.15, -0.1) is 11.3 Å². The van der Waals surface area contributed by atoms with Crippen LogP contribution in [0.1, 0.15) is 23.9 Å². The van der Waals surface area contributed by atoms with E-state index in [1.807, 2.05) is 0 Å². The van der Waals surface area contributed by atoms with Crippen LogP contribution in [0.5, 0.6) is 0 Å². The maximum atomic E-state index is 4.60. The van der Waals surface area contributed by atoms with Gasteiger partial charge in [0.05, 0.1) is 10.2 Å². The maximum absolute atomic E-state index is 4.60. The monoisotopic (exact) mass is 220 g/mol. The van der Waals surface area contributed by atoms with E-state index in [4.69, 9.17) is 0 Å². The minimum atomic E-state index is 0.895. The van der Waals surface area contributed by atoms with Crippen molar-refractivity contribution in [2.75, 3.05) is 6.54 Å². The summed E-state index contributed by atoms with van der Waals surface area (Å²) in [4.78, 5) is 4.60. The number of nitrogens with one attached hydrogen (secondary N) is 1. The summed E-state index contributed by atoms with van der Waals surface area (Å²) < 4.78 is 1.29. The Morgan fingerprint density at radius 2 is 2.27 bits per heavy atom. The van der Waals surface area contributed by atoms with E-state index in [0.717, 1.165) is 18.6 Å². The van der Waals surface area contributed by atoms with Crippen LogP contribution >= 0.6 is 11.3 Å². The minimum absolute atomic E-state index is 0.895. The standard InChI is InChI=1S/C12H16N2S/c1-3-6-13-8-12-14-10-7-9(2)4-5-11(10)15-12/h4-5,7,13H,3,6,8H2,1-2H3. The Labute approximate surface area is 94.3 Å². The molecule has 0 unspecified atom stereocenters. The van der Waals surface area contributed by atoms with Gasteiger partial charge in [-0.05, 0) is 37.6 Å². The second-order valence-electron chi connectivity index (χ2n) is 3.76. The summed E-state index contributed by atoms with van der Waals surface area (Å²) in [5.41, 5.74) is 2.41. The molecule has 1 aromatic heterocycles. The highest BCUT2D eigenvalue weighted by atomic mass is 32.1. The van der Waals surface area contributed by atoms with E-state index < -0.39 is 0 Å². The van der Waals surface area contributed by atoms with Crippen molar-refractivity contribution in [1.82, 2.24) is 10.3 Å². The zero-order valence-corrected chi connectivity index (χ0v) is 10.0. The van der Waals surface area contributed by atoms with Gasteiger partial charge in [-0.2, -0.15) is 0 Å². The predicted molar refractivity (Wildman–Crippen MR) is 66.4 cm³/mol. The van der Waals surface area contributed by atoms with Gasteiger partial charge in [0.1, 0.15) is 5.01 Å². The predicted octanol–water partition coefficient (Wildman–Crippen LogP) is 3.10. The molecule has 0 aliphatic carbocycles. The first kappa shape index (κ1) is 10.6. The lowest BCUT2D eigenvalue weighted by molar-refractivity contribution is 0.673. The number of fused-ring (bicyclic) bond motifs is 1. The Hall–Kier alpha value is -0.930. The summed E-state index contributed by atoms with van der Waals surface area (Å²) in [6.07, 6.45) is 1.17. The average Bonchev–Trinajstić information content (AvgIpc) is 2.60. The third-order valence-electron chi connectivity index (χ3n) is 2.29. The highest BCUT2D eigenvalue weighted by Crippen LogP contribution is 2.22. The Kier molecular flexibility index (Phi) is 3.34. The van der Waals surface area contributed by atoms with Crippen molar-refractivity contribution in [3.05, 3.63) is 28.8 Å². The summed E-state index contributed by atoms with van der Waals surface area (Å²) in [5.74, 6) is 0. The van der Waals surface area contributed by atoms with E-state index in [2.05, 4.69) is 42.3 Å². The molecule has 3 heteroatoms. The van der Waals surface area contributed by atoms with E-state index >= 15 is 0 Å². The first-order valence-electron chi connectivity index (χ1n) is 5.36. The number of nitrogens with zero attached hydrogens (tertiary/aromatic N) is 1. The summed E-state index contributed by atoms with van der Waals surface area (Å²) in [6, 6.07) is 6.45. The van der Waals surface area contributed by atoms with Gasteiger partial charge in [0.25, 0.3) is 0 Å². The Morgan fingerprint density at radius 1 is 1.40 bits per heavy atom. The van der Waals surface area contributed by atoms with Gasteiger partial charge in [-0.25, -0.2) is 4.98 Å². The molecule has 0 atom stereocenters. The van der Waals surface area contributed by atoms with Gasteiger partial charge in [-0.3, -0.25) is 0 Å². The molecule has 1 N–H and O–H groups in total.